The summed E-state index contributed by atoms with van der Waals surface area (Å²) in [7, 11) is 0. The Balaban J connectivity index is 2.31. The van der Waals surface area contributed by atoms with Gasteiger partial charge in [0.2, 0.25) is 0 Å². The van der Waals surface area contributed by atoms with Crippen LogP contribution in [0.25, 0.3) is 22.3 Å². The fourth-order valence-electron chi connectivity index (χ4n) is 2.10. The second-order valence-corrected chi connectivity index (χ2v) is 5.17. The van der Waals surface area contributed by atoms with E-state index in [9.17, 15) is 4.39 Å². The third kappa shape index (κ3) is 2.13. The molecule has 0 aliphatic rings. The van der Waals surface area contributed by atoms with Crippen molar-refractivity contribution in [2.24, 2.45) is 0 Å². The van der Waals surface area contributed by atoms with Gasteiger partial charge in [0.05, 0.1) is 16.1 Å². The average molecular weight is 307 g/mol. The van der Waals surface area contributed by atoms with Gasteiger partial charge in [-0.2, -0.15) is 0 Å². The molecule has 0 unspecified atom stereocenters. The highest BCUT2D eigenvalue weighted by Gasteiger charge is 2.14. The quantitative estimate of drug-likeness (QED) is 0.588. The lowest BCUT2D eigenvalue weighted by Crippen LogP contribution is -1.95. The summed E-state index contributed by atoms with van der Waals surface area (Å²) in [6, 6.07) is 10.3. The summed E-state index contributed by atoms with van der Waals surface area (Å²) in [5.41, 5.74) is 1.90. The number of rotatable bonds is 1. The number of aryl methyl sites for hydroxylation is 1. The number of hydrogen-bond donors (Lipinski definition) is 0. The molecule has 0 atom stereocenters. The van der Waals surface area contributed by atoms with Gasteiger partial charge in [0.15, 0.2) is 11.6 Å². The molecule has 0 spiro atoms. The predicted molar refractivity (Wildman–Crippen MR) is 79.7 cm³/mol. The van der Waals surface area contributed by atoms with Crippen LogP contribution < -0.4 is 0 Å². The third-order valence-corrected chi connectivity index (χ3v) is 3.65. The van der Waals surface area contributed by atoms with E-state index in [0.717, 1.165) is 10.9 Å². The van der Waals surface area contributed by atoms with Crippen molar-refractivity contribution in [1.82, 2.24) is 9.97 Å². The molecule has 1 heterocycles. The number of benzene rings is 2. The van der Waals surface area contributed by atoms with E-state index in [0.29, 0.717) is 10.7 Å². The normalized spacial score (nSPS) is 11.0. The molecule has 0 aliphatic carbocycles. The van der Waals surface area contributed by atoms with Gasteiger partial charge in [0, 0.05) is 5.39 Å². The van der Waals surface area contributed by atoms with Gasteiger partial charge in [-0.05, 0) is 30.7 Å². The number of fused-ring (bicyclic) bond motifs is 1. The maximum absolute atomic E-state index is 14.0. The molecule has 0 amide bonds. The van der Waals surface area contributed by atoms with Crippen molar-refractivity contribution in [3.63, 3.8) is 0 Å². The van der Waals surface area contributed by atoms with E-state index in [1.165, 1.54) is 6.07 Å². The lowest BCUT2D eigenvalue weighted by molar-refractivity contribution is 0.630. The van der Waals surface area contributed by atoms with Gasteiger partial charge in [-0.25, -0.2) is 14.4 Å². The second-order valence-electron chi connectivity index (χ2n) is 4.41. The molecule has 0 N–H and O–H groups in total. The van der Waals surface area contributed by atoms with E-state index in [1.807, 2.05) is 25.1 Å². The first kappa shape index (κ1) is 13.3. The van der Waals surface area contributed by atoms with Crippen LogP contribution in [0.4, 0.5) is 4.39 Å². The Morgan fingerprint density at radius 1 is 1.00 bits per heavy atom. The molecular formula is C15H9Cl2FN2. The molecule has 3 aromatic rings. The zero-order chi connectivity index (χ0) is 14.3. The summed E-state index contributed by atoms with van der Waals surface area (Å²) >= 11 is 12.0. The van der Waals surface area contributed by atoms with E-state index in [1.54, 1.807) is 12.1 Å². The maximum atomic E-state index is 14.0. The minimum Gasteiger partial charge on any atom is -0.228 e. The average Bonchev–Trinajstić information content (AvgIpc) is 2.41. The summed E-state index contributed by atoms with van der Waals surface area (Å²) in [5.74, 6) is -0.315. The molecule has 100 valence electrons. The largest absolute Gasteiger partial charge is 0.228 e. The molecule has 1 aromatic heterocycles. The van der Waals surface area contributed by atoms with Gasteiger partial charge < -0.3 is 0 Å². The van der Waals surface area contributed by atoms with Crippen molar-refractivity contribution >= 4 is 34.1 Å². The first-order valence-electron chi connectivity index (χ1n) is 5.95. The van der Waals surface area contributed by atoms with E-state index >= 15 is 0 Å². The summed E-state index contributed by atoms with van der Waals surface area (Å²) < 4.78 is 14.0. The zero-order valence-electron chi connectivity index (χ0n) is 10.5. The molecule has 2 aromatic carbocycles. The van der Waals surface area contributed by atoms with Crippen LogP contribution in [0.3, 0.4) is 0 Å². The molecule has 0 saturated carbocycles. The SMILES string of the molecule is Cc1cccc2nc(-c3cccc(Cl)c3F)nc(Cl)c12. The van der Waals surface area contributed by atoms with Crippen LogP contribution in [0.5, 0.6) is 0 Å². The monoisotopic (exact) mass is 306 g/mol. The molecular weight excluding hydrogens is 298 g/mol. The predicted octanol–water partition coefficient (Wildman–Crippen LogP) is 5.05. The van der Waals surface area contributed by atoms with Crippen LogP contribution in [0.2, 0.25) is 10.2 Å². The van der Waals surface area contributed by atoms with Crippen LogP contribution in [0, 0.1) is 12.7 Å². The minimum absolute atomic E-state index is 0.0339. The molecule has 0 radical (unpaired) electrons. The Morgan fingerprint density at radius 2 is 1.75 bits per heavy atom. The Morgan fingerprint density at radius 3 is 2.55 bits per heavy atom. The lowest BCUT2D eigenvalue weighted by atomic mass is 10.1. The van der Waals surface area contributed by atoms with E-state index in [2.05, 4.69) is 9.97 Å². The molecule has 5 heteroatoms. The highest BCUT2D eigenvalue weighted by molar-refractivity contribution is 6.34. The first-order chi connectivity index (χ1) is 9.58. The fraction of sp³-hybridized carbons (Fsp3) is 0.0667. The highest BCUT2D eigenvalue weighted by Crippen LogP contribution is 2.30. The number of nitrogens with zero attached hydrogens (tertiary/aromatic N) is 2. The van der Waals surface area contributed by atoms with Crippen molar-refractivity contribution < 1.29 is 4.39 Å². The molecule has 0 saturated heterocycles. The molecule has 0 fully saturated rings. The van der Waals surface area contributed by atoms with Crippen molar-refractivity contribution in [2.45, 2.75) is 6.92 Å². The Hall–Kier alpha value is -1.71. The van der Waals surface area contributed by atoms with E-state index in [4.69, 9.17) is 23.2 Å². The van der Waals surface area contributed by atoms with Crippen molar-refractivity contribution in [3.05, 3.63) is 58.0 Å². The number of halogens is 3. The number of aromatic nitrogens is 2. The van der Waals surface area contributed by atoms with Gasteiger partial charge in [-0.1, -0.05) is 41.4 Å². The third-order valence-electron chi connectivity index (χ3n) is 3.08. The van der Waals surface area contributed by atoms with E-state index < -0.39 is 5.82 Å². The molecule has 0 bridgehead atoms. The van der Waals surface area contributed by atoms with Gasteiger partial charge in [-0.3, -0.25) is 0 Å². The summed E-state index contributed by atoms with van der Waals surface area (Å²) in [4.78, 5) is 8.56. The van der Waals surface area contributed by atoms with Crippen molar-refractivity contribution in [2.75, 3.05) is 0 Å². The highest BCUT2D eigenvalue weighted by atomic mass is 35.5. The Labute approximate surface area is 125 Å². The lowest BCUT2D eigenvalue weighted by Gasteiger charge is -2.08. The van der Waals surface area contributed by atoms with Gasteiger partial charge in [-0.15, -0.1) is 0 Å². The topological polar surface area (TPSA) is 25.8 Å². The van der Waals surface area contributed by atoms with Crippen LogP contribution in [-0.2, 0) is 0 Å². The molecule has 2 nitrogen and oxygen atoms in total. The first-order valence-corrected chi connectivity index (χ1v) is 6.71. The standard InChI is InChI=1S/C15H9Cl2FN2/c1-8-4-2-7-11-12(8)14(17)20-15(19-11)9-5-3-6-10(16)13(9)18/h2-7H,1H3. The van der Waals surface area contributed by atoms with Gasteiger partial charge in [0.1, 0.15) is 5.15 Å². The van der Waals surface area contributed by atoms with E-state index in [-0.39, 0.29) is 16.4 Å². The molecule has 0 aliphatic heterocycles. The van der Waals surface area contributed by atoms with Gasteiger partial charge >= 0.3 is 0 Å². The van der Waals surface area contributed by atoms with Crippen LogP contribution in [0.15, 0.2) is 36.4 Å². The molecule has 20 heavy (non-hydrogen) atoms. The van der Waals surface area contributed by atoms with Crippen LogP contribution >= 0.6 is 23.2 Å². The fourth-order valence-corrected chi connectivity index (χ4v) is 2.60. The Kier molecular flexibility index (Phi) is 3.32. The summed E-state index contributed by atoms with van der Waals surface area (Å²) in [6.45, 7) is 1.93. The second kappa shape index (κ2) is 5.00. The zero-order valence-corrected chi connectivity index (χ0v) is 12.0. The summed E-state index contributed by atoms with van der Waals surface area (Å²) in [6.07, 6.45) is 0. The maximum Gasteiger partial charge on any atom is 0.164 e. The van der Waals surface area contributed by atoms with Gasteiger partial charge in [0.25, 0.3) is 0 Å². The summed E-state index contributed by atoms with van der Waals surface area (Å²) in [5, 5.41) is 1.12. The van der Waals surface area contributed by atoms with Crippen molar-refractivity contribution in [1.29, 1.82) is 0 Å². The number of hydrogen-bond acceptors (Lipinski definition) is 2. The smallest absolute Gasteiger partial charge is 0.164 e. The van der Waals surface area contributed by atoms with Crippen LogP contribution in [-0.4, -0.2) is 9.97 Å². The minimum atomic E-state index is -0.544. The van der Waals surface area contributed by atoms with Crippen molar-refractivity contribution in [3.8, 4) is 11.4 Å². The van der Waals surface area contributed by atoms with Crippen LogP contribution in [0.1, 0.15) is 5.56 Å². The Bertz CT molecular complexity index is 818. The molecule has 3 rings (SSSR count).